The standard InChI is InChI=1S/C12H9ClFIN2O/c1-7-11(15)12(18)17(6-16-7)5-8-2-3-9(13)4-10(8)14/h2-4,6H,5H2,1H3. The summed E-state index contributed by atoms with van der Waals surface area (Å²) in [4.78, 5) is 16.0. The lowest BCUT2D eigenvalue weighted by Crippen LogP contribution is -2.24. The molecule has 0 amide bonds. The molecule has 0 spiro atoms. The van der Waals surface area contributed by atoms with Crippen molar-refractivity contribution in [2.45, 2.75) is 13.5 Å². The SMILES string of the molecule is Cc1ncn(Cc2ccc(Cl)cc2F)c(=O)c1I. The normalized spacial score (nSPS) is 10.7. The van der Waals surface area contributed by atoms with Crippen LogP contribution in [-0.4, -0.2) is 9.55 Å². The van der Waals surface area contributed by atoms with Crippen LogP contribution in [0.3, 0.4) is 0 Å². The highest BCUT2D eigenvalue weighted by atomic mass is 127. The minimum Gasteiger partial charge on any atom is -0.294 e. The molecule has 0 unspecified atom stereocenters. The van der Waals surface area contributed by atoms with Crippen LogP contribution in [0.15, 0.2) is 29.3 Å². The fourth-order valence-corrected chi connectivity index (χ4v) is 2.10. The summed E-state index contributed by atoms with van der Waals surface area (Å²) in [6, 6.07) is 4.39. The molecule has 0 aliphatic heterocycles. The van der Waals surface area contributed by atoms with Gasteiger partial charge in [-0.2, -0.15) is 0 Å². The lowest BCUT2D eigenvalue weighted by Gasteiger charge is -2.08. The molecule has 0 atom stereocenters. The van der Waals surface area contributed by atoms with Gasteiger partial charge < -0.3 is 0 Å². The minimum absolute atomic E-state index is 0.144. The Kier molecular flexibility index (Phi) is 4.01. The van der Waals surface area contributed by atoms with Crippen molar-refractivity contribution in [3.63, 3.8) is 0 Å². The lowest BCUT2D eigenvalue weighted by atomic mass is 10.2. The molecule has 0 aliphatic rings. The zero-order valence-corrected chi connectivity index (χ0v) is 12.4. The van der Waals surface area contributed by atoms with Crippen LogP contribution in [0.4, 0.5) is 4.39 Å². The Morgan fingerprint density at radius 3 is 2.89 bits per heavy atom. The van der Waals surface area contributed by atoms with E-state index in [0.29, 0.717) is 19.9 Å². The summed E-state index contributed by atoms with van der Waals surface area (Å²) >= 11 is 7.62. The number of nitrogens with zero attached hydrogens (tertiary/aromatic N) is 2. The molecule has 0 radical (unpaired) electrons. The van der Waals surface area contributed by atoms with Crippen molar-refractivity contribution in [3.8, 4) is 0 Å². The van der Waals surface area contributed by atoms with Gasteiger partial charge in [-0.1, -0.05) is 17.7 Å². The predicted molar refractivity (Wildman–Crippen MR) is 76.5 cm³/mol. The molecule has 1 aromatic heterocycles. The number of halogens is 3. The molecule has 3 nitrogen and oxygen atoms in total. The van der Waals surface area contributed by atoms with Crippen LogP contribution in [0.25, 0.3) is 0 Å². The first-order chi connectivity index (χ1) is 8.49. The molecule has 0 saturated carbocycles. The molecule has 94 valence electrons. The van der Waals surface area contributed by atoms with E-state index in [4.69, 9.17) is 11.6 Å². The van der Waals surface area contributed by atoms with Gasteiger partial charge in [-0.15, -0.1) is 0 Å². The van der Waals surface area contributed by atoms with E-state index in [1.54, 1.807) is 19.1 Å². The monoisotopic (exact) mass is 378 g/mol. The van der Waals surface area contributed by atoms with E-state index in [9.17, 15) is 9.18 Å². The third kappa shape index (κ3) is 2.72. The molecule has 0 saturated heterocycles. The van der Waals surface area contributed by atoms with Crippen LogP contribution in [0.5, 0.6) is 0 Å². The van der Waals surface area contributed by atoms with Crippen LogP contribution in [-0.2, 0) is 6.54 Å². The van der Waals surface area contributed by atoms with Crippen molar-refractivity contribution in [1.29, 1.82) is 0 Å². The largest absolute Gasteiger partial charge is 0.294 e. The molecule has 0 bridgehead atoms. The highest BCUT2D eigenvalue weighted by Crippen LogP contribution is 2.15. The first-order valence-corrected chi connectivity index (χ1v) is 6.60. The Morgan fingerprint density at radius 2 is 2.22 bits per heavy atom. The average molecular weight is 379 g/mol. The van der Waals surface area contributed by atoms with E-state index in [1.165, 1.54) is 17.0 Å². The smallest absolute Gasteiger partial charge is 0.267 e. The Hall–Kier alpha value is -0.950. The Labute approximate surface area is 122 Å². The van der Waals surface area contributed by atoms with E-state index in [-0.39, 0.29) is 12.1 Å². The van der Waals surface area contributed by atoms with E-state index in [1.807, 2.05) is 22.6 Å². The summed E-state index contributed by atoms with van der Waals surface area (Å²) in [5.41, 5.74) is 0.911. The fraction of sp³-hybridized carbons (Fsp3) is 0.167. The minimum atomic E-state index is -0.426. The van der Waals surface area contributed by atoms with Crippen molar-refractivity contribution in [1.82, 2.24) is 9.55 Å². The van der Waals surface area contributed by atoms with Crippen LogP contribution in [0.1, 0.15) is 11.3 Å². The maximum absolute atomic E-state index is 13.6. The Balaban J connectivity index is 2.41. The third-order valence-corrected chi connectivity index (χ3v) is 3.99. The fourth-order valence-electron chi connectivity index (χ4n) is 1.49. The van der Waals surface area contributed by atoms with Gasteiger partial charge in [0.15, 0.2) is 0 Å². The van der Waals surface area contributed by atoms with Gasteiger partial charge in [-0.05, 0) is 41.6 Å². The maximum Gasteiger partial charge on any atom is 0.267 e. The topological polar surface area (TPSA) is 34.9 Å². The molecule has 1 heterocycles. The second kappa shape index (κ2) is 5.36. The number of aromatic nitrogens is 2. The van der Waals surface area contributed by atoms with Crippen molar-refractivity contribution < 1.29 is 4.39 Å². The van der Waals surface area contributed by atoms with E-state index in [2.05, 4.69) is 4.98 Å². The lowest BCUT2D eigenvalue weighted by molar-refractivity contribution is 0.593. The molecular formula is C12H9ClFIN2O. The van der Waals surface area contributed by atoms with Crippen LogP contribution >= 0.6 is 34.2 Å². The molecular weight excluding hydrogens is 369 g/mol. The summed E-state index contributed by atoms with van der Waals surface area (Å²) in [7, 11) is 0. The van der Waals surface area contributed by atoms with Gasteiger partial charge in [0.1, 0.15) is 5.82 Å². The van der Waals surface area contributed by atoms with Gasteiger partial charge in [-0.3, -0.25) is 9.36 Å². The summed E-state index contributed by atoms with van der Waals surface area (Å²) in [5.74, 6) is -0.426. The highest BCUT2D eigenvalue weighted by Gasteiger charge is 2.08. The second-order valence-electron chi connectivity index (χ2n) is 3.81. The summed E-state index contributed by atoms with van der Waals surface area (Å²) in [5, 5.41) is 0.334. The zero-order chi connectivity index (χ0) is 13.3. The van der Waals surface area contributed by atoms with Crippen molar-refractivity contribution in [3.05, 3.63) is 60.5 Å². The van der Waals surface area contributed by atoms with Crippen LogP contribution in [0.2, 0.25) is 5.02 Å². The maximum atomic E-state index is 13.6. The molecule has 2 aromatic rings. The first-order valence-electron chi connectivity index (χ1n) is 5.14. The number of hydrogen-bond donors (Lipinski definition) is 0. The van der Waals surface area contributed by atoms with Crippen molar-refractivity contribution in [2.75, 3.05) is 0 Å². The molecule has 1 aromatic carbocycles. The van der Waals surface area contributed by atoms with Gasteiger partial charge in [-0.25, -0.2) is 9.37 Å². The van der Waals surface area contributed by atoms with Gasteiger partial charge in [0, 0.05) is 10.6 Å². The summed E-state index contributed by atoms with van der Waals surface area (Å²) in [6.07, 6.45) is 1.42. The molecule has 0 N–H and O–H groups in total. The van der Waals surface area contributed by atoms with Crippen LogP contribution < -0.4 is 5.56 Å². The summed E-state index contributed by atoms with van der Waals surface area (Å²) in [6.45, 7) is 1.90. The Morgan fingerprint density at radius 1 is 1.50 bits per heavy atom. The quantitative estimate of drug-likeness (QED) is 0.753. The van der Waals surface area contributed by atoms with E-state index >= 15 is 0 Å². The van der Waals surface area contributed by atoms with E-state index < -0.39 is 5.82 Å². The number of rotatable bonds is 2. The van der Waals surface area contributed by atoms with Gasteiger partial charge in [0.05, 0.1) is 22.1 Å². The van der Waals surface area contributed by atoms with E-state index in [0.717, 1.165) is 0 Å². The number of benzene rings is 1. The van der Waals surface area contributed by atoms with Gasteiger partial charge in [0.25, 0.3) is 5.56 Å². The average Bonchev–Trinajstić information content (AvgIpc) is 2.33. The molecule has 0 fully saturated rings. The van der Waals surface area contributed by atoms with Gasteiger partial charge >= 0.3 is 0 Å². The van der Waals surface area contributed by atoms with Gasteiger partial charge in [0.2, 0.25) is 0 Å². The number of aryl methyl sites for hydroxylation is 1. The first kappa shape index (κ1) is 13.5. The van der Waals surface area contributed by atoms with Crippen molar-refractivity contribution >= 4 is 34.2 Å². The molecule has 18 heavy (non-hydrogen) atoms. The second-order valence-corrected chi connectivity index (χ2v) is 5.33. The third-order valence-electron chi connectivity index (χ3n) is 2.51. The zero-order valence-electron chi connectivity index (χ0n) is 9.45. The van der Waals surface area contributed by atoms with Crippen molar-refractivity contribution in [2.24, 2.45) is 0 Å². The van der Waals surface area contributed by atoms with Crippen LogP contribution in [0, 0.1) is 16.3 Å². The molecule has 0 aliphatic carbocycles. The molecule has 2 rings (SSSR count). The highest BCUT2D eigenvalue weighted by molar-refractivity contribution is 14.1. The predicted octanol–water partition coefficient (Wildman–Crippen LogP) is 3.00. The Bertz CT molecular complexity index is 657. The summed E-state index contributed by atoms with van der Waals surface area (Å²) < 4.78 is 15.5. The molecule has 6 heteroatoms. The number of hydrogen-bond acceptors (Lipinski definition) is 2.